The molecule has 0 saturated heterocycles. The second-order valence-corrected chi connectivity index (χ2v) is 5.27. The predicted molar refractivity (Wildman–Crippen MR) is 88.5 cm³/mol. The maximum absolute atomic E-state index is 11.6. The van der Waals surface area contributed by atoms with E-state index in [1.54, 1.807) is 36.4 Å². The number of para-hydroxylation sites is 1. The monoisotopic (exact) mass is 377 g/mol. The first kappa shape index (κ1) is 16.6. The first-order valence-corrected chi connectivity index (χ1v) is 7.29. The van der Waals surface area contributed by atoms with Crippen LogP contribution in [0.25, 0.3) is 0 Å². The summed E-state index contributed by atoms with van der Waals surface area (Å²) in [6.07, 6.45) is 1.22. The third-order valence-electron chi connectivity index (χ3n) is 2.71. The number of benzene rings is 2. The summed E-state index contributed by atoms with van der Waals surface area (Å²) in [5.74, 6) is 0.0776. The molecule has 2 rings (SSSR count). The van der Waals surface area contributed by atoms with Crippen molar-refractivity contribution in [1.82, 2.24) is 5.43 Å². The third kappa shape index (κ3) is 5.19. The molecule has 0 fully saturated rings. The Morgan fingerprint density at radius 3 is 2.65 bits per heavy atom. The van der Waals surface area contributed by atoms with Gasteiger partial charge in [0, 0.05) is 10.5 Å². The second-order valence-electron chi connectivity index (χ2n) is 4.35. The van der Waals surface area contributed by atoms with E-state index >= 15 is 0 Å². The van der Waals surface area contributed by atoms with Crippen LogP contribution in [-0.2, 0) is 4.79 Å². The van der Waals surface area contributed by atoms with Crippen LogP contribution < -0.4 is 10.2 Å². The Morgan fingerprint density at radius 1 is 1.26 bits per heavy atom. The molecule has 7 nitrogen and oxygen atoms in total. The number of rotatable bonds is 6. The van der Waals surface area contributed by atoms with Gasteiger partial charge in [-0.2, -0.15) is 5.10 Å². The molecule has 0 aliphatic heterocycles. The summed E-state index contributed by atoms with van der Waals surface area (Å²) in [5, 5.41) is 14.5. The van der Waals surface area contributed by atoms with Crippen LogP contribution in [0.3, 0.4) is 0 Å². The Bertz CT molecular complexity index is 732. The van der Waals surface area contributed by atoms with E-state index < -0.39 is 10.8 Å². The van der Waals surface area contributed by atoms with Crippen LogP contribution in [0.5, 0.6) is 5.75 Å². The Labute approximate surface area is 140 Å². The van der Waals surface area contributed by atoms with Gasteiger partial charge < -0.3 is 4.74 Å². The number of ether oxygens (including phenoxy) is 1. The topological polar surface area (TPSA) is 93.8 Å². The largest absolute Gasteiger partial charge is 0.484 e. The molecule has 0 spiro atoms. The molecule has 2 aromatic carbocycles. The van der Waals surface area contributed by atoms with Crippen molar-refractivity contribution >= 4 is 33.7 Å². The summed E-state index contributed by atoms with van der Waals surface area (Å²) < 4.78 is 6.18. The smallest absolute Gasteiger partial charge is 0.278 e. The Hall–Kier alpha value is -2.74. The van der Waals surface area contributed by atoms with Gasteiger partial charge >= 0.3 is 0 Å². The number of nitro groups is 1. The van der Waals surface area contributed by atoms with E-state index in [4.69, 9.17) is 4.74 Å². The van der Waals surface area contributed by atoms with Crippen LogP contribution in [0.1, 0.15) is 5.56 Å². The molecule has 0 saturated carbocycles. The summed E-state index contributed by atoms with van der Waals surface area (Å²) in [4.78, 5) is 21.9. The fourth-order valence-electron chi connectivity index (χ4n) is 1.65. The van der Waals surface area contributed by atoms with Crippen molar-refractivity contribution in [3.8, 4) is 5.75 Å². The van der Waals surface area contributed by atoms with Crippen molar-refractivity contribution in [3.63, 3.8) is 0 Å². The Kier molecular flexibility index (Phi) is 5.81. The third-order valence-corrected chi connectivity index (χ3v) is 3.24. The van der Waals surface area contributed by atoms with Crippen LogP contribution in [0, 0.1) is 10.1 Å². The molecule has 23 heavy (non-hydrogen) atoms. The van der Waals surface area contributed by atoms with Gasteiger partial charge in [-0.1, -0.05) is 28.1 Å². The first-order valence-electron chi connectivity index (χ1n) is 6.50. The molecule has 0 radical (unpaired) electrons. The van der Waals surface area contributed by atoms with Gasteiger partial charge in [0.05, 0.1) is 16.7 Å². The maximum Gasteiger partial charge on any atom is 0.278 e. The van der Waals surface area contributed by atoms with Crippen LogP contribution in [0.15, 0.2) is 58.1 Å². The first-order chi connectivity index (χ1) is 11.1. The molecule has 0 aliphatic rings. The molecule has 8 heteroatoms. The van der Waals surface area contributed by atoms with E-state index in [-0.39, 0.29) is 12.3 Å². The fourth-order valence-corrected chi connectivity index (χ4v) is 1.91. The maximum atomic E-state index is 11.6. The molecule has 0 unspecified atom stereocenters. The number of nitro benzene ring substituents is 1. The van der Waals surface area contributed by atoms with Gasteiger partial charge in [0.15, 0.2) is 6.61 Å². The molecule has 2 aromatic rings. The molecule has 0 atom stereocenters. The number of hydrogen-bond donors (Lipinski definition) is 1. The van der Waals surface area contributed by atoms with Crippen molar-refractivity contribution in [3.05, 3.63) is 68.7 Å². The highest BCUT2D eigenvalue weighted by Gasteiger charge is 2.10. The van der Waals surface area contributed by atoms with Crippen molar-refractivity contribution in [1.29, 1.82) is 0 Å². The van der Waals surface area contributed by atoms with Gasteiger partial charge in [0.1, 0.15) is 5.75 Å². The second kappa shape index (κ2) is 8.04. The van der Waals surface area contributed by atoms with Crippen LogP contribution in [-0.4, -0.2) is 23.7 Å². The Balaban J connectivity index is 1.87. The quantitative estimate of drug-likeness (QED) is 0.475. The van der Waals surface area contributed by atoms with Crippen molar-refractivity contribution in [2.45, 2.75) is 0 Å². The molecule has 1 amide bonds. The van der Waals surface area contributed by atoms with Gasteiger partial charge in [-0.15, -0.1) is 0 Å². The summed E-state index contributed by atoms with van der Waals surface area (Å²) in [7, 11) is 0. The van der Waals surface area contributed by atoms with Gasteiger partial charge in [0.2, 0.25) is 0 Å². The highest BCUT2D eigenvalue weighted by Crippen LogP contribution is 2.16. The van der Waals surface area contributed by atoms with E-state index in [0.717, 1.165) is 4.47 Å². The van der Waals surface area contributed by atoms with E-state index in [1.807, 2.05) is 0 Å². The zero-order valence-electron chi connectivity index (χ0n) is 11.8. The zero-order chi connectivity index (χ0) is 16.7. The summed E-state index contributed by atoms with van der Waals surface area (Å²) in [6, 6.07) is 13.1. The molecular formula is C15H12BrN3O4. The molecule has 1 N–H and O–H groups in total. The molecule has 0 heterocycles. The Morgan fingerprint density at radius 2 is 1.96 bits per heavy atom. The van der Waals surface area contributed by atoms with Gasteiger partial charge in [-0.25, -0.2) is 5.43 Å². The standard InChI is InChI=1S/C15H12BrN3O4/c16-12-5-7-13(8-6-12)23-10-15(20)18-17-9-11-3-1-2-4-14(11)19(21)22/h1-9H,10H2,(H,18,20). The molecular weight excluding hydrogens is 366 g/mol. The predicted octanol–water partition coefficient (Wildman–Crippen LogP) is 2.89. The number of amides is 1. The van der Waals surface area contributed by atoms with Gasteiger partial charge in [0.25, 0.3) is 11.6 Å². The summed E-state index contributed by atoms with van der Waals surface area (Å²) in [6.45, 7) is -0.212. The van der Waals surface area contributed by atoms with Crippen molar-refractivity contribution in [2.24, 2.45) is 5.10 Å². The van der Waals surface area contributed by atoms with Gasteiger partial charge in [-0.3, -0.25) is 14.9 Å². The number of carbonyl (C=O) groups is 1. The number of halogens is 1. The number of hydrazone groups is 1. The number of carbonyl (C=O) groups excluding carboxylic acids is 1. The summed E-state index contributed by atoms with van der Waals surface area (Å²) in [5.41, 5.74) is 2.46. The lowest BCUT2D eigenvalue weighted by Crippen LogP contribution is -2.24. The molecule has 0 bridgehead atoms. The SMILES string of the molecule is O=C(COc1ccc(Br)cc1)NN=Cc1ccccc1[N+](=O)[O-]. The lowest BCUT2D eigenvalue weighted by Gasteiger charge is -2.04. The lowest BCUT2D eigenvalue weighted by atomic mass is 10.2. The molecule has 0 aliphatic carbocycles. The minimum atomic E-state index is -0.514. The highest BCUT2D eigenvalue weighted by molar-refractivity contribution is 9.10. The van der Waals surface area contributed by atoms with Crippen LogP contribution in [0.4, 0.5) is 5.69 Å². The minimum Gasteiger partial charge on any atom is -0.484 e. The average Bonchev–Trinajstić information content (AvgIpc) is 2.54. The zero-order valence-corrected chi connectivity index (χ0v) is 13.4. The average molecular weight is 378 g/mol. The minimum absolute atomic E-state index is 0.0865. The summed E-state index contributed by atoms with van der Waals surface area (Å²) >= 11 is 3.30. The fraction of sp³-hybridized carbons (Fsp3) is 0.0667. The van der Waals surface area contributed by atoms with Crippen molar-refractivity contribution in [2.75, 3.05) is 6.61 Å². The van der Waals surface area contributed by atoms with Gasteiger partial charge in [-0.05, 0) is 30.3 Å². The number of hydrogen-bond acceptors (Lipinski definition) is 5. The van der Waals surface area contributed by atoms with E-state index in [1.165, 1.54) is 18.3 Å². The van der Waals surface area contributed by atoms with E-state index in [9.17, 15) is 14.9 Å². The molecule has 118 valence electrons. The van der Waals surface area contributed by atoms with Crippen LogP contribution in [0.2, 0.25) is 0 Å². The van der Waals surface area contributed by atoms with E-state index in [2.05, 4.69) is 26.5 Å². The molecule has 0 aromatic heterocycles. The highest BCUT2D eigenvalue weighted by atomic mass is 79.9. The van der Waals surface area contributed by atoms with Crippen molar-refractivity contribution < 1.29 is 14.5 Å². The van der Waals surface area contributed by atoms with Crippen LogP contribution >= 0.6 is 15.9 Å². The number of nitrogens with one attached hydrogen (secondary N) is 1. The number of nitrogens with zero attached hydrogens (tertiary/aromatic N) is 2. The van der Waals surface area contributed by atoms with E-state index in [0.29, 0.717) is 11.3 Å². The lowest BCUT2D eigenvalue weighted by molar-refractivity contribution is -0.385. The normalized spacial score (nSPS) is 10.5.